The normalized spacial score (nSPS) is 23.6. The lowest BCUT2D eigenvalue weighted by Gasteiger charge is -2.31. The van der Waals surface area contributed by atoms with Crippen molar-refractivity contribution in [2.45, 2.75) is 33.6 Å². The van der Waals surface area contributed by atoms with E-state index < -0.39 is 0 Å². The third-order valence-corrected chi connectivity index (χ3v) is 4.37. The molecule has 0 bridgehead atoms. The van der Waals surface area contributed by atoms with E-state index in [1.165, 1.54) is 5.56 Å². The van der Waals surface area contributed by atoms with E-state index in [9.17, 15) is 4.79 Å². The van der Waals surface area contributed by atoms with Crippen LogP contribution in [-0.2, 0) is 6.42 Å². The number of hydrogen-bond donors (Lipinski definition) is 1. The van der Waals surface area contributed by atoms with Crippen LogP contribution in [0.25, 0.3) is 0 Å². The molecule has 1 N–H and O–H groups in total. The Labute approximate surface area is 110 Å². The van der Waals surface area contributed by atoms with Gasteiger partial charge in [0, 0.05) is 17.5 Å². The molecule has 1 aliphatic rings. The fourth-order valence-corrected chi connectivity index (χ4v) is 2.84. The van der Waals surface area contributed by atoms with Gasteiger partial charge in [-0.05, 0) is 30.9 Å². The molecule has 2 nitrogen and oxygen atoms in total. The molecule has 98 valence electrons. The van der Waals surface area contributed by atoms with Crippen LogP contribution in [0.1, 0.15) is 43.1 Å². The summed E-state index contributed by atoms with van der Waals surface area (Å²) in [6, 6.07) is 8.13. The number of benzene rings is 1. The first-order chi connectivity index (χ1) is 8.60. The maximum Gasteiger partial charge on any atom is 0.170 e. The average molecular weight is 245 g/mol. The second kappa shape index (κ2) is 5.23. The van der Waals surface area contributed by atoms with Gasteiger partial charge in [-0.15, -0.1) is 0 Å². The van der Waals surface area contributed by atoms with Crippen molar-refractivity contribution in [3.63, 3.8) is 0 Å². The molecule has 1 fully saturated rings. The molecule has 1 aromatic rings. The van der Waals surface area contributed by atoms with Gasteiger partial charge in [0.25, 0.3) is 0 Å². The average Bonchev–Trinajstić information content (AvgIpc) is 2.88. The minimum Gasteiger partial charge on any atom is -0.316 e. The standard InChI is InChI=1S/C16H23NO/c1-4-13-5-7-14(8-6-13)15(18)16(12(2)3)9-10-17-11-16/h5-8,12,17H,4,9-11H2,1-3H3. The van der Waals surface area contributed by atoms with Gasteiger partial charge in [-0.2, -0.15) is 0 Å². The summed E-state index contributed by atoms with van der Waals surface area (Å²) in [6.45, 7) is 8.22. The smallest absolute Gasteiger partial charge is 0.170 e. The van der Waals surface area contributed by atoms with E-state index in [0.29, 0.717) is 11.7 Å². The van der Waals surface area contributed by atoms with Gasteiger partial charge in [-0.1, -0.05) is 45.0 Å². The molecule has 1 unspecified atom stereocenters. The molecule has 1 aromatic carbocycles. The first kappa shape index (κ1) is 13.3. The fourth-order valence-electron chi connectivity index (χ4n) is 2.84. The number of Topliss-reactive ketones (excluding diaryl/α,β-unsaturated/α-hetero) is 1. The molecule has 0 saturated carbocycles. The van der Waals surface area contributed by atoms with Crippen molar-refractivity contribution in [1.82, 2.24) is 5.32 Å². The van der Waals surface area contributed by atoms with Crippen LogP contribution >= 0.6 is 0 Å². The van der Waals surface area contributed by atoms with Gasteiger partial charge in [0.15, 0.2) is 5.78 Å². The maximum atomic E-state index is 12.8. The van der Waals surface area contributed by atoms with Crippen LogP contribution < -0.4 is 5.32 Å². The second-order valence-electron chi connectivity index (χ2n) is 5.62. The Kier molecular flexibility index (Phi) is 3.86. The summed E-state index contributed by atoms with van der Waals surface area (Å²) in [6.07, 6.45) is 1.98. The Morgan fingerprint density at radius 3 is 2.44 bits per heavy atom. The number of carbonyl (C=O) groups is 1. The second-order valence-corrected chi connectivity index (χ2v) is 5.62. The molecular formula is C16H23NO. The van der Waals surface area contributed by atoms with E-state index in [-0.39, 0.29) is 5.41 Å². The highest BCUT2D eigenvalue weighted by atomic mass is 16.1. The number of rotatable bonds is 4. The topological polar surface area (TPSA) is 29.1 Å². The number of aryl methyl sites for hydroxylation is 1. The van der Waals surface area contributed by atoms with Crippen LogP contribution in [0.15, 0.2) is 24.3 Å². The minimum atomic E-state index is -0.201. The van der Waals surface area contributed by atoms with Crippen LogP contribution in [0.5, 0.6) is 0 Å². The number of carbonyl (C=O) groups excluding carboxylic acids is 1. The lowest BCUT2D eigenvalue weighted by Crippen LogP contribution is -2.38. The number of nitrogens with one attached hydrogen (secondary N) is 1. The van der Waals surface area contributed by atoms with Gasteiger partial charge < -0.3 is 5.32 Å². The van der Waals surface area contributed by atoms with Crippen LogP contribution in [0.4, 0.5) is 0 Å². The highest BCUT2D eigenvalue weighted by molar-refractivity contribution is 6.01. The van der Waals surface area contributed by atoms with Gasteiger partial charge >= 0.3 is 0 Å². The quantitative estimate of drug-likeness (QED) is 0.826. The summed E-state index contributed by atoms with van der Waals surface area (Å²) in [5.41, 5.74) is 1.95. The van der Waals surface area contributed by atoms with Gasteiger partial charge in [0.2, 0.25) is 0 Å². The van der Waals surface area contributed by atoms with Crippen LogP contribution in [0, 0.1) is 11.3 Å². The maximum absolute atomic E-state index is 12.8. The molecule has 1 atom stereocenters. The molecule has 2 rings (SSSR count). The van der Waals surface area contributed by atoms with E-state index in [2.05, 4.69) is 38.2 Å². The molecule has 1 saturated heterocycles. The summed E-state index contributed by atoms with van der Waals surface area (Å²) in [4.78, 5) is 12.8. The van der Waals surface area contributed by atoms with E-state index >= 15 is 0 Å². The monoisotopic (exact) mass is 245 g/mol. The predicted octanol–water partition coefficient (Wildman–Crippen LogP) is 3.07. The zero-order chi connectivity index (χ0) is 13.2. The largest absolute Gasteiger partial charge is 0.316 e. The number of ketones is 1. The third-order valence-electron chi connectivity index (χ3n) is 4.37. The van der Waals surface area contributed by atoms with Crippen molar-refractivity contribution in [2.24, 2.45) is 11.3 Å². The van der Waals surface area contributed by atoms with Crippen molar-refractivity contribution >= 4 is 5.78 Å². The van der Waals surface area contributed by atoms with E-state index in [1.807, 2.05) is 12.1 Å². The van der Waals surface area contributed by atoms with Crippen molar-refractivity contribution in [1.29, 1.82) is 0 Å². The summed E-state index contributed by atoms with van der Waals surface area (Å²) in [7, 11) is 0. The molecule has 0 amide bonds. The molecule has 2 heteroatoms. The first-order valence-electron chi connectivity index (χ1n) is 6.94. The molecule has 0 spiro atoms. The van der Waals surface area contributed by atoms with Gasteiger partial charge in [0.1, 0.15) is 0 Å². The summed E-state index contributed by atoms with van der Waals surface area (Å²) in [5.74, 6) is 0.691. The SMILES string of the molecule is CCc1ccc(C(=O)C2(C(C)C)CCNC2)cc1. The molecule has 1 heterocycles. The zero-order valence-electron chi connectivity index (χ0n) is 11.6. The van der Waals surface area contributed by atoms with Crippen molar-refractivity contribution in [3.05, 3.63) is 35.4 Å². The van der Waals surface area contributed by atoms with Crippen LogP contribution in [-0.4, -0.2) is 18.9 Å². The molecule has 1 aliphatic heterocycles. The Morgan fingerprint density at radius 2 is 2.00 bits per heavy atom. The third kappa shape index (κ3) is 2.22. The Bertz CT molecular complexity index is 413. The fraction of sp³-hybridized carbons (Fsp3) is 0.562. The van der Waals surface area contributed by atoms with E-state index in [4.69, 9.17) is 0 Å². The van der Waals surface area contributed by atoms with E-state index in [0.717, 1.165) is 31.5 Å². The van der Waals surface area contributed by atoms with Crippen molar-refractivity contribution in [3.8, 4) is 0 Å². The summed E-state index contributed by atoms with van der Waals surface area (Å²) >= 11 is 0. The van der Waals surface area contributed by atoms with Gasteiger partial charge in [0.05, 0.1) is 0 Å². The summed E-state index contributed by atoms with van der Waals surface area (Å²) in [5, 5.41) is 3.35. The lowest BCUT2D eigenvalue weighted by atomic mass is 9.71. The Morgan fingerprint density at radius 1 is 1.33 bits per heavy atom. The van der Waals surface area contributed by atoms with Crippen LogP contribution in [0.2, 0.25) is 0 Å². The summed E-state index contributed by atoms with van der Waals surface area (Å²) < 4.78 is 0. The van der Waals surface area contributed by atoms with Crippen LogP contribution in [0.3, 0.4) is 0 Å². The molecule has 0 radical (unpaired) electrons. The molecule has 0 aromatic heterocycles. The first-order valence-corrected chi connectivity index (χ1v) is 6.94. The highest BCUT2D eigenvalue weighted by Gasteiger charge is 2.43. The lowest BCUT2D eigenvalue weighted by molar-refractivity contribution is 0.0740. The highest BCUT2D eigenvalue weighted by Crippen LogP contribution is 2.37. The van der Waals surface area contributed by atoms with Crippen molar-refractivity contribution in [2.75, 3.05) is 13.1 Å². The van der Waals surface area contributed by atoms with Crippen molar-refractivity contribution < 1.29 is 4.79 Å². The van der Waals surface area contributed by atoms with Gasteiger partial charge in [-0.3, -0.25) is 4.79 Å². The minimum absolute atomic E-state index is 0.201. The molecule has 18 heavy (non-hydrogen) atoms. The van der Waals surface area contributed by atoms with E-state index in [1.54, 1.807) is 0 Å². The molecule has 0 aliphatic carbocycles. The zero-order valence-corrected chi connectivity index (χ0v) is 11.6. The van der Waals surface area contributed by atoms with Gasteiger partial charge in [-0.25, -0.2) is 0 Å². The number of hydrogen-bond acceptors (Lipinski definition) is 2. The molecular weight excluding hydrogens is 222 g/mol. The predicted molar refractivity (Wildman–Crippen MR) is 74.9 cm³/mol. The Hall–Kier alpha value is -1.15. The Balaban J connectivity index is 2.28.